The van der Waals surface area contributed by atoms with Crippen molar-refractivity contribution >= 4 is 29.0 Å². The molecule has 3 aromatic rings. The van der Waals surface area contributed by atoms with Crippen molar-refractivity contribution < 1.29 is 9.53 Å². The molecule has 7 nitrogen and oxygen atoms in total. The van der Waals surface area contributed by atoms with Crippen LogP contribution in [0.3, 0.4) is 0 Å². The number of aromatic nitrogens is 3. The van der Waals surface area contributed by atoms with Crippen LogP contribution in [0.4, 0.5) is 11.5 Å². The van der Waals surface area contributed by atoms with Crippen molar-refractivity contribution in [1.82, 2.24) is 20.5 Å². The van der Waals surface area contributed by atoms with Crippen molar-refractivity contribution in [2.45, 2.75) is 13.5 Å². The van der Waals surface area contributed by atoms with E-state index in [1.54, 1.807) is 37.7 Å². The number of methoxy groups -OCH3 is 1. The highest BCUT2D eigenvalue weighted by atomic mass is 35.5. The first kappa shape index (κ1) is 18.6. The number of halogens is 1. The van der Waals surface area contributed by atoms with E-state index in [2.05, 4.69) is 25.8 Å². The number of ether oxygens (including phenoxy) is 1. The van der Waals surface area contributed by atoms with Crippen LogP contribution in [-0.4, -0.2) is 28.2 Å². The summed E-state index contributed by atoms with van der Waals surface area (Å²) in [5, 5.41) is 14.6. The number of benzene rings is 1. The van der Waals surface area contributed by atoms with E-state index in [9.17, 15) is 4.79 Å². The number of hydrogen-bond donors (Lipinski definition) is 2. The second-order valence-corrected chi connectivity index (χ2v) is 6.18. The first-order valence-corrected chi connectivity index (χ1v) is 8.56. The summed E-state index contributed by atoms with van der Waals surface area (Å²) in [6, 6.07) is 10.5. The maximum absolute atomic E-state index is 12.2. The lowest BCUT2D eigenvalue weighted by molar-refractivity contribution is 0.0945. The molecule has 0 aliphatic heterocycles. The second kappa shape index (κ2) is 8.46. The van der Waals surface area contributed by atoms with Gasteiger partial charge in [0.2, 0.25) is 0 Å². The smallest absolute Gasteiger partial charge is 0.272 e. The Morgan fingerprint density at radius 1 is 1.15 bits per heavy atom. The van der Waals surface area contributed by atoms with Gasteiger partial charge in [0.05, 0.1) is 12.8 Å². The molecule has 0 saturated heterocycles. The molecule has 0 fully saturated rings. The summed E-state index contributed by atoms with van der Waals surface area (Å²) in [6.45, 7) is 2.29. The molecule has 1 aromatic carbocycles. The third kappa shape index (κ3) is 4.71. The topological polar surface area (TPSA) is 89.0 Å². The van der Waals surface area contributed by atoms with Crippen LogP contribution < -0.4 is 15.4 Å². The van der Waals surface area contributed by atoms with Crippen molar-refractivity contribution in [2.75, 3.05) is 12.4 Å². The first-order valence-electron chi connectivity index (χ1n) is 8.19. The molecule has 2 N–H and O–H groups in total. The predicted octanol–water partition coefficient (Wildman–Crippen LogP) is 3.52. The van der Waals surface area contributed by atoms with Gasteiger partial charge in [-0.2, -0.15) is 0 Å². The minimum atomic E-state index is -0.300. The Morgan fingerprint density at radius 3 is 2.59 bits per heavy atom. The fourth-order valence-corrected chi connectivity index (χ4v) is 2.52. The number of carbonyl (C=O) groups excluding carboxylic acids is 1. The highest BCUT2D eigenvalue weighted by Crippen LogP contribution is 2.32. The summed E-state index contributed by atoms with van der Waals surface area (Å²) in [6.07, 6.45) is 3.35. The summed E-state index contributed by atoms with van der Waals surface area (Å²) in [7, 11) is 1.56. The van der Waals surface area contributed by atoms with Crippen molar-refractivity contribution in [3.63, 3.8) is 0 Å². The van der Waals surface area contributed by atoms with Gasteiger partial charge in [-0.05, 0) is 48.4 Å². The zero-order valence-corrected chi connectivity index (χ0v) is 15.6. The van der Waals surface area contributed by atoms with E-state index in [1.165, 1.54) is 0 Å². The molecule has 2 heterocycles. The SMILES string of the molecule is COc1cc(Cl)c(C)cc1Nc1ccc(C(=O)NCc2ccncc2)nn1. The van der Waals surface area contributed by atoms with Gasteiger partial charge in [-0.3, -0.25) is 9.78 Å². The van der Waals surface area contributed by atoms with Gasteiger partial charge in [-0.15, -0.1) is 10.2 Å². The number of nitrogens with one attached hydrogen (secondary N) is 2. The lowest BCUT2D eigenvalue weighted by Gasteiger charge is -2.12. The van der Waals surface area contributed by atoms with Crippen LogP contribution in [0, 0.1) is 6.92 Å². The third-order valence-corrected chi connectivity index (χ3v) is 4.25. The molecule has 0 unspecified atom stereocenters. The number of nitrogens with zero attached hydrogens (tertiary/aromatic N) is 3. The average molecular weight is 384 g/mol. The molecule has 0 bridgehead atoms. The van der Waals surface area contributed by atoms with E-state index < -0.39 is 0 Å². The molecule has 27 heavy (non-hydrogen) atoms. The fraction of sp³-hybridized carbons (Fsp3) is 0.158. The van der Waals surface area contributed by atoms with Gasteiger partial charge < -0.3 is 15.4 Å². The van der Waals surface area contributed by atoms with Crippen LogP contribution in [0.2, 0.25) is 5.02 Å². The monoisotopic (exact) mass is 383 g/mol. The molecular weight excluding hydrogens is 366 g/mol. The van der Waals surface area contributed by atoms with Gasteiger partial charge in [0, 0.05) is 30.0 Å². The van der Waals surface area contributed by atoms with Crippen LogP contribution in [0.1, 0.15) is 21.6 Å². The zero-order chi connectivity index (χ0) is 19.2. The second-order valence-electron chi connectivity index (χ2n) is 5.77. The Hall–Kier alpha value is -3.19. The summed E-state index contributed by atoms with van der Waals surface area (Å²) in [5.41, 5.74) is 2.80. The van der Waals surface area contributed by atoms with Gasteiger partial charge in [0.1, 0.15) is 5.75 Å². The summed E-state index contributed by atoms with van der Waals surface area (Å²) in [4.78, 5) is 16.1. The lowest BCUT2D eigenvalue weighted by atomic mass is 10.2. The molecule has 138 valence electrons. The average Bonchev–Trinajstić information content (AvgIpc) is 2.70. The number of hydrogen-bond acceptors (Lipinski definition) is 6. The number of aryl methyl sites for hydroxylation is 1. The summed E-state index contributed by atoms with van der Waals surface area (Å²) < 4.78 is 5.33. The van der Waals surface area contributed by atoms with E-state index in [0.717, 1.165) is 11.1 Å². The molecule has 0 spiro atoms. The van der Waals surface area contributed by atoms with Crippen LogP contribution >= 0.6 is 11.6 Å². The Morgan fingerprint density at radius 2 is 1.93 bits per heavy atom. The number of carbonyl (C=O) groups is 1. The van der Waals surface area contributed by atoms with Crippen LogP contribution in [0.25, 0.3) is 0 Å². The molecule has 0 aliphatic rings. The summed E-state index contributed by atoms with van der Waals surface area (Å²) >= 11 is 6.11. The van der Waals surface area contributed by atoms with Crippen molar-refractivity contribution in [2.24, 2.45) is 0 Å². The largest absolute Gasteiger partial charge is 0.495 e. The van der Waals surface area contributed by atoms with Crippen molar-refractivity contribution in [3.8, 4) is 5.75 Å². The van der Waals surface area contributed by atoms with Crippen molar-refractivity contribution in [3.05, 3.63) is 70.6 Å². The van der Waals surface area contributed by atoms with Crippen LogP contribution in [-0.2, 0) is 6.54 Å². The highest BCUT2D eigenvalue weighted by Gasteiger charge is 2.11. The van der Waals surface area contributed by atoms with Crippen molar-refractivity contribution in [1.29, 1.82) is 0 Å². The van der Waals surface area contributed by atoms with E-state index >= 15 is 0 Å². The normalized spacial score (nSPS) is 10.3. The maximum atomic E-state index is 12.2. The molecule has 0 saturated carbocycles. The molecular formula is C19H18ClN5O2. The number of rotatable bonds is 6. The Bertz CT molecular complexity index is 933. The molecule has 0 radical (unpaired) electrons. The van der Waals surface area contributed by atoms with E-state index in [1.807, 2.05) is 25.1 Å². The Labute approximate surface area is 161 Å². The Kier molecular flexibility index (Phi) is 5.83. The van der Waals surface area contributed by atoms with Gasteiger partial charge >= 0.3 is 0 Å². The van der Waals surface area contributed by atoms with E-state index in [-0.39, 0.29) is 11.6 Å². The highest BCUT2D eigenvalue weighted by molar-refractivity contribution is 6.31. The van der Waals surface area contributed by atoms with Gasteiger partial charge in [-0.1, -0.05) is 11.6 Å². The molecule has 0 aliphatic carbocycles. The molecule has 2 aromatic heterocycles. The molecule has 0 atom stereocenters. The fourth-order valence-electron chi connectivity index (χ4n) is 2.36. The quantitative estimate of drug-likeness (QED) is 0.677. The van der Waals surface area contributed by atoms with E-state index in [4.69, 9.17) is 16.3 Å². The zero-order valence-electron chi connectivity index (χ0n) is 14.9. The van der Waals surface area contributed by atoms with Crippen LogP contribution in [0.5, 0.6) is 5.75 Å². The first-order chi connectivity index (χ1) is 13.1. The number of amides is 1. The molecule has 1 amide bonds. The minimum Gasteiger partial charge on any atom is -0.495 e. The van der Waals surface area contributed by atoms with Crippen LogP contribution in [0.15, 0.2) is 48.8 Å². The lowest BCUT2D eigenvalue weighted by Crippen LogP contribution is -2.24. The minimum absolute atomic E-state index is 0.230. The standard InChI is InChI=1S/C19H18ClN5O2/c1-12-9-16(17(27-2)10-14(12)20)23-18-4-3-15(24-25-18)19(26)22-11-13-5-7-21-8-6-13/h3-10H,11H2,1-2H3,(H,22,26)(H,23,25). The third-order valence-electron chi connectivity index (χ3n) is 3.84. The maximum Gasteiger partial charge on any atom is 0.272 e. The number of pyridine rings is 1. The molecule has 3 rings (SSSR count). The summed E-state index contributed by atoms with van der Waals surface area (Å²) in [5.74, 6) is 0.776. The number of anilines is 2. The van der Waals surface area contributed by atoms with Gasteiger partial charge in [0.15, 0.2) is 11.5 Å². The Balaban J connectivity index is 1.67. The predicted molar refractivity (Wildman–Crippen MR) is 103 cm³/mol. The molecule has 8 heteroatoms. The van der Waals surface area contributed by atoms with Gasteiger partial charge in [0.25, 0.3) is 5.91 Å². The van der Waals surface area contributed by atoms with Gasteiger partial charge in [-0.25, -0.2) is 0 Å². The van der Waals surface area contributed by atoms with E-state index in [0.29, 0.717) is 28.8 Å².